The zero-order chi connectivity index (χ0) is 17.6. The van der Waals surface area contributed by atoms with Crippen LogP contribution < -0.4 is 5.32 Å². The number of nitrogens with one attached hydrogen (secondary N) is 1. The van der Waals surface area contributed by atoms with E-state index in [9.17, 15) is 14.7 Å². The molecule has 4 atom stereocenters. The molecule has 3 aliphatic rings. The molecule has 2 saturated heterocycles. The van der Waals surface area contributed by atoms with E-state index >= 15 is 0 Å². The van der Waals surface area contributed by atoms with Crippen molar-refractivity contribution in [2.45, 2.75) is 44.9 Å². The molecule has 7 heteroatoms. The van der Waals surface area contributed by atoms with Crippen molar-refractivity contribution in [3.8, 4) is 0 Å². The number of allylic oxidation sites excluding steroid dienone is 1. The van der Waals surface area contributed by atoms with Gasteiger partial charge in [0, 0.05) is 18.2 Å². The Bertz CT molecular complexity index is 664. The molecule has 0 spiro atoms. The molecular formula is C17H22N2O5. The van der Waals surface area contributed by atoms with Crippen LogP contribution in [-0.2, 0) is 9.53 Å². The minimum absolute atomic E-state index is 0.0833. The molecule has 0 radical (unpaired) electrons. The number of fused-ring (bicyclic) bond motifs is 1. The van der Waals surface area contributed by atoms with Crippen LogP contribution >= 0.6 is 0 Å². The van der Waals surface area contributed by atoms with Gasteiger partial charge in [-0.25, -0.2) is 4.79 Å². The molecule has 0 unspecified atom stereocenters. The Labute approximate surface area is 140 Å². The minimum Gasteiger partial charge on any atom is -0.449 e. The number of aliphatic hydroxyl groups excluding tert-OH is 1. The molecule has 1 amide bonds. The zero-order valence-electron chi connectivity index (χ0n) is 13.8. The summed E-state index contributed by atoms with van der Waals surface area (Å²) in [4.78, 5) is 24.6. The van der Waals surface area contributed by atoms with E-state index in [1.54, 1.807) is 6.92 Å². The highest BCUT2D eigenvalue weighted by Gasteiger charge is 2.56. The lowest BCUT2D eigenvalue weighted by Gasteiger charge is -2.44. The number of nitrogens with zero attached hydrogens (tertiary/aromatic N) is 1. The van der Waals surface area contributed by atoms with Crippen molar-refractivity contribution >= 4 is 12.1 Å². The standard InChI is InChI=1S/C17H22N2O5/c1-8-4-11(18-7-8)5-9(2)12-6-13-14(10(3)20)15(21)19(13)16(12)24-17(22)23/h5,10-11,13-14,18,20H,1,4,6-7H2,2-3H3,(H,22,23)/t10-,11+,13-,14-/m1/s1. The number of rotatable bonds is 4. The quantitative estimate of drug-likeness (QED) is 0.408. The maximum atomic E-state index is 12.2. The molecular weight excluding hydrogens is 312 g/mol. The highest BCUT2D eigenvalue weighted by molar-refractivity contribution is 5.90. The number of amides is 1. The Morgan fingerprint density at radius 3 is 2.75 bits per heavy atom. The van der Waals surface area contributed by atoms with Gasteiger partial charge < -0.3 is 20.3 Å². The topological polar surface area (TPSA) is 99.1 Å². The largest absolute Gasteiger partial charge is 0.512 e. The van der Waals surface area contributed by atoms with Gasteiger partial charge in [0.05, 0.1) is 18.1 Å². The van der Waals surface area contributed by atoms with Crippen molar-refractivity contribution in [3.63, 3.8) is 0 Å². The first-order valence-electron chi connectivity index (χ1n) is 8.03. The predicted octanol–water partition coefficient (Wildman–Crippen LogP) is 1.37. The number of hydrogen-bond donors (Lipinski definition) is 3. The third-order valence-corrected chi connectivity index (χ3v) is 4.91. The van der Waals surface area contributed by atoms with Gasteiger partial charge in [-0.15, -0.1) is 0 Å². The second-order valence-electron chi connectivity index (χ2n) is 6.69. The van der Waals surface area contributed by atoms with Gasteiger partial charge >= 0.3 is 6.16 Å². The van der Waals surface area contributed by atoms with Gasteiger partial charge in [0.15, 0.2) is 0 Å². The molecule has 3 heterocycles. The molecule has 3 rings (SSSR count). The normalized spacial score (nSPS) is 31.2. The second kappa shape index (κ2) is 6.07. The van der Waals surface area contributed by atoms with Gasteiger partial charge in [0.25, 0.3) is 0 Å². The Morgan fingerprint density at radius 2 is 2.21 bits per heavy atom. The maximum absolute atomic E-state index is 12.2. The number of carboxylic acid groups (broad SMARTS) is 1. The van der Waals surface area contributed by atoms with Crippen molar-refractivity contribution in [2.24, 2.45) is 5.92 Å². The van der Waals surface area contributed by atoms with Gasteiger partial charge in [-0.3, -0.25) is 9.69 Å². The second-order valence-corrected chi connectivity index (χ2v) is 6.69. The van der Waals surface area contributed by atoms with Crippen LogP contribution in [0.5, 0.6) is 0 Å². The molecule has 0 aliphatic carbocycles. The summed E-state index contributed by atoms with van der Waals surface area (Å²) in [6, 6.07) is -0.0932. The molecule has 0 aromatic carbocycles. The van der Waals surface area contributed by atoms with E-state index in [4.69, 9.17) is 9.84 Å². The first kappa shape index (κ1) is 16.7. The summed E-state index contributed by atoms with van der Waals surface area (Å²) >= 11 is 0. The third-order valence-electron chi connectivity index (χ3n) is 4.91. The summed E-state index contributed by atoms with van der Waals surface area (Å²) in [5.74, 6) is -0.714. The Hall–Kier alpha value is -2.12. The molecule has 130 valence electrons. The van der Waals surface area contributed by atoms with Gasteiger partial charge in [0.2, 0.25) is 11.8 Å². The fourth-order valence-corrected chi connectivity index (χ4v) is 3.78. The van der Waals surface area contributed by atoms with Crippen LogP contribution in [0.3, 0.4) is 0 Å². The molecule has 0 bridgehead atoms. The summed E-state index contributed by atoms with van der Waals surface area (Å²) in [6.45, 7) is 8.18. The fraction of sp³-hybridized carbons (Fsp3) is 0.529. The Kier molecular flexibility index (Phi) is 4.23. The molecule has 0 saturated carbocycles. The van der Waals surface area contributed by atoms with E-state index in [1.807, 2.05) is 13.0 Å². The lowest BCUT2D eigenvalue weighted by Crippen LogP contribution is -2.61. The van der Waals surface area contributed by atoms with Crippen molar-refractivity contribution in [1.29, 1.82) is 0 Å². The SMILES string of the molecule is C=C1CN[C@H](C=C(C)C2=C(OC(=O)O)N3C(=O)[C@H]([C@@H](C)O)[C@H]3C2)C1. The van der Waals surface area contributed by atoms with Gasteiger partial charge in [0.1, 0.15) is 0 Å². The number of carbonyl (C=O) groups is 2. The monoisotopic (exact) mass is 334 g/mol. The van der Waals surface area contributed by atoms with Crippen molar-refractivity contribution in [3.05, 3.63) is 35.3 Å². The van der Waals surface area contributed by atoms with Crippen LogP contribution in [0.25, 0.3) is 0 Å². The van der Waals surface area contributed by atoms with E-state index in [0.29, 0.717) is 12.0 Å². The molecule has 24 heavy (non-hydrogen) atoms. The highest BCUT2D eigenvalue weighted by atomic mass is 16.7. The maximum Gasteiger partial charge on any atom is 0.512 e. The first-order valence-corrected chi connectivity index (χ1v) is 8.03. The molecule has 2 fully saturated rings. The van der Waals surface area contributed by atoms with Crippen LogP contribution in [0.2, 0.25) is 0 Å². The summed E-state index contributed by atoms with van der Waals surface area (Å²) in [5.41, 5.74) is 2.71. The summed E-state index contributed by atoms with van der Waals surface area (Å²) in [7, 11) is 0. The number of carbonyl (C=O) groups excluding carboxylic acids is 1. The molecule has 0 aromatic rings. The van der Waals surface area contributed by atoms with Crippen molar-refractivity contribution in [2.75, 3.05) is 6.54 Å². The number of ether oxygens (including phenoxy) is 1. The number of hydrogen-bond acceptors (Lipinski definition) is 5. The van der Waals surface area contributed by atoms with E-state index < -0.39 is 18.2 Å². The van der Waals surface area contributed by atoms with E-state index in [0.717, 1.165) is 24.1 Å². The Balaban J connectivity index is 1.88. The summed E-state index contributed by atoms with van der Waals surface area (Å²) in [5, 5.41) is 22.1. The minimum atomic E-state index is -1.45. The summed E-state index contributed by atoms with van der Waals surface area (Å²) in [6.07, 6.45) is 1.12. The zero-order valence-corrected chi connectivity index (χ0v) is 13.8. The van der Waals surface area contributed by atoms with Gasteiger partial charge in [-0.05, 0) is 32.3 Å². The van der Waals surface area contributed by atoms with E-state index in [2.05, 4.69) is 11.9 Å². The first-order chi connectivity index (χ1) is 11.3. The van der Waals surface area contributed by atoms with E-state index in [1.165, 1.54) is 4.90 Å². The molecule has 7 nitrogen and oxygen atoms in total. The lowest BCUT2D eigenvalue weighted by molar-refractivity contribution is -0.160. The van der Waals surface area contributed by atoms with Gasteiger partial charge in [-0.2, -0.15) is 0 Å². The third kappa shape index (κ3) is 2.74. The van der Waals surface area contributed by atoms with Gasteiger partial charge in [-0.1, -0.05) is 18.2 Å². The number of β-lactam (4-membered cyclic amide) rings is 1. The average Bonchev–Trinajstić information content (AvgIpc) is 2.99. The lowest BCUT2D eigenvalue weighted by atomic mass is 9.82. The molecule has 0 aromatic heterocycles. The van der Waals surface area contributed by atoms with Crippen LogP contribution in [0, 0.1) is 5.92 Å². The van der Waals surface area contributed by atoms with Crippen LogP contribution in [-0.4, -0.2) is 51.9 Å². The highest BCUT2D eigenvalue weighted by Crippen LogP contribution is 2.46. The Morgan fingerprint density at radius 1 is 1.50 bits per heavy atom. The smallest absolute Gasteiger partial charge is 0.449 e. The molecule has 3 aliphatic heterocycles. The van der Waals surface area contributed by atoms with Crippen molar-refractivity contribution in [1.82, 2.24) is 10.2 Å². The van der Waals surface area contributed by atoms with Crippen molar-refractivity contribution < 1.29 is 24.5 Å². The predicted molar refractivity (Wildman–Crippen MR) is 85.9 cm³/mol. The molecule has 3 N–H and O–H groups in total. The number of aliphatic hydroxyl groups is 1. The van der Waals surface area contributed by atoms with E-state index in [-0.39, 0.29) is 23.9 Å². The van der Waals surface area contributed by atoms with Crippen LogP contribution in [0.1, 0.15) is 26.7 Å². The van der Waals surface area contributed by atoms with Crippen LogP contribution in [0.15, 0.2) is 35.3 Å². The summed E-state index contributed by atoms with van der Waals surface area (Å²) < 4.78 is 4.90. The average molecular weight is 334 g/mol. The fourth-order valence-electron chi connectivity index (χ4n) is 3.78. The van der Waals surface area contributed by atoms with Crippen LogP contribution in [0.4, 0.5) is 4.79 Å².